The molecule has 1 saturated heterocycles. The molecule has 2 N–H and O–H groups in total. The van der Waals surface area contributed by atoms with E-state index in [4.69, 9.17) is 5.73 Å². The lowest BCUT2D eigenvalue weighted by Crippen LogP contribution is -2.45. The van der Waals surface area contributed by atoms with Crippen molar-refractivity contribution in [2.24, 2.45) is 0 Å². The van der Waals surface area contributed by atoms with Crippen LogP contribution in [-0.2, 0) is 6.42 Å². The number of benzene rings is 1. The fourth-order valence-electron chi connectivity index (χ4n) is 3.76. The van der Waals surface area contributed by atoms with Crippen molar-refractivity contribution in [1.29, 1.82) is 0 Å². The van der Waals surface area contributed by atoms with Crippen LogP contribution in [-0.4, -0.2) is 43.0 Å². The SMILES string of the molecule is CN1CCCC(N(C)C2CCc3cc(N)ccc32)C1. The predicted octanol–water partition coefficient (Wildman–Crippen LogP) is 2.28. The van der Waals surface area contributed by atoms with E-state index in [1.54, 1.807) is 0 Å². The van der Waals surface area contributed by atoms with E-state index in [0.717, 1.165) is 5.69 Å². The van der Waals surface area contributed by atoms with Gasteiger partial charge in [0, 0.05) is 24.3 Å². The zero-order valence-electron chi connectivity index (χ0n) is 12.1. The zero-order chi connectivity index (χ0) is 13.4. The standard InChI is InChI=1S/C16H25N3/c1-18-9-3-4-14(11-18)19(2)16-8-5-12-10-13(17)6-7-15(12)16/h6-7,10,14,16H,3-5,8-9,11,17H2,1-2H3. The third kappa shape index (κ3) is 2.49. The van der Waals surface area contributed by atoms with Crippen LogP contribution < -0.4 is 5.73 Å². The lowest BCUT2D eigenvalue weighted by molar-refractivity contribution is 0.0986. The van der Waals surface area contributed by atoms with Gasteiger partial charge < -0.3 is 10.6 Å². The first kappa shape index (κ1) is 12.9. The normalized spacial score (nSPS) is 27.7. The number of anilines is 1. The Kier molecular flexibility index (Phi) is 3.50. The van der Waals surface area contributed by atoms with Gasteiger partial charge in [-0.1, -0.05) is 6.07 Å². The van der Waals surface area contributed by atoms with Crippen molar-refractivity contribution in [2.75, 3.05) is 32.9 Å². The van der Waals surface area contributed by atoms with Crippen molar-refractivity contribution in [1.82, 2.24) is 9.80 Å². The molecule has 19 heavy (non-hydrogen) atoms. The quantitative estimate of drug-likeness (QED) is 0.827. The summed E-state index contributed by atoms with van der Waals surface area (Å²) in [6.45, 7) is 2.46. The molecule has 1 aromatic rings. The molecular formula is C16H25N3. The van der Waals surface area contributed by atoms with Gasteiger partial charge in [-0.2, -0.15) is 0 Å². The van der Waals surface area contributed by atoms with Crippen molar-refractivity contribution < 1.29 is 0 Å². The first-order valence-corrected chi connectivity index (χ1v) is 7.44. The van der Waals surface area contributed by atoms with Crippen LogP contribution in [0.25, 0.3) is 0 Å². The van der Waals surface area contributed by atoms with Gasteiger partial charge in [0.2, 0.25) is 0 Å². The summed E-state index contributed by atoms with van der Waals surface area (Å²) in [7, 11) is 4.54. The van der Waals surface area contributed by atoms with Crippen molar-refractivity contribution in [2.45, 2.75) is 37.8 Å². The summed E-state index contributed by atoms with van der Waals surface area (Å²) in [5.41, 5.74) is 9.76. The van der Waals surface area contributed by atoms with Gasteiger partial charge in [-0.3, -0.25) is 4.90 Å². The smallest absolute Gasteiger partial charge is 0.0354 e. The number of fused-ring (bicyclic) bond motifs is 1. The minimum Gasteiger partial charge on any atom is -0.399 e. The Morgan fingerprint density at radius 2 is 2.16 bits per heavy atom. The van der Waals surface area contributed by atoms with Crippen LogP contribution in [0.3, 0.4) is 0 Å². The van der Waals surface area contributed by atoms with E-state index in [9.17, 15) is 0 Å². The number of nitrogen functional groups attached to an aromatic ring is 1. The monoisotopic (exact) mass is 259 g/mol. The molecule has 0 amide bonds. The van der Waals surface area contributed by atoms with Gasteiger partial charge in [0.15, 0.2) is 0 Å². The van der Waals surface area contributed by atoms with E-state index in [2.05, 4.69) is 42.1 Å². The molecule has 1 fully saturated rings. The number of nitrogens with two attached hydrogens (primary N) is 1. The molecule has 1 aliphatic heterocycles. The first-order chi connectivity index (χ1) is 9.15. The van der Waals surface area contributed by atoms with Gasteiger partial charge in [0.05, 0.1) is 0 Å². The van der Waals surface area contributed by atoms with Gasteiger partial charge in [-0.25, -0.2) is 0 Å². The van der Waals surface area contributed by atoms with Crippen LogP contribution in [0.1, 0.15) is 36.4 Å². The molecule has 1 heterocycles. The molecule has 2 aliphatic rings. The van der Waals surface area contributed by atoms with Gasteiger partial charge in [0.1, 0.15) is 0 Å². The molecule has 0 bridgehead atoms. The van der Waals surface area contributed by atoms with Crippen molar-refractivity contribution in [3.8, 4) is 0 Å². The largest absolute Gasteiger partial charge is 0.399 e. The number of rotatable bonds is 2. The summed E-state index contributed by atoms with van der Waals surface area (Å²) in [5, 5.41) is 0. The third-order valence-electron chi connectivity index (χ3n) is 4.88. The maximum atomic E-state index is 5.89. The van der Waals surface area contributed by atoms with E-state index < -0.39 is 0 Å². The zero-order valence-corrected chi connectivity index (χ0v) is 12.1. The Bertz CT molecular complexity index is 457. The lowest BCUT2D eigenvalue weighted by Gasteiger charge is -2.39. The number of nitrogens with zero attached hydrogens (tertiary/aromatic N) is 2. The molecule has 0 radical (unpaired) electrons. The molecule has 104 valence electrons. The topological polar surface area (TPSA) is 32.5 Å². The fraction of sp³-hybridized carbons (Fsp3) is 0.625. The number of aryl methyl sites for hydroxylation is 1. The molecule has 3 heteroatoms. The second-order valence-electron chi connectivity index (χ2n) is 6.24. The van der Waals surface area contributed by atoms with Crippen LogP contribution in [0.4, 0.5) is 5.69 Å². The summed E-state index contributed by atoms with van der Waals surface area (Å²) in [4.78, 5) is 5.07. The Morgan fingerprint density at radius 1 is 1.32 bits per heavy atom. The first-order valence-electron chi connectivity index (χ1n) is 7.44. The highest BCUT2D eigenvalue weighted by Gasteiger charge is 2.31. The maximum Gasteiger partial charge on any atom is 0.0354 e. The van der Waals surface area contributed by atoms with Crippen molar-refractivity contribution >= 4 is 5.69 Å². The Balaban J connectivity index is 1.77. The van der Waals surface area contributed by atoms with Crippen molar-refractivity contribution in [3.05, 3.63) is 29.3 Å². The van der Waals surface area contributed by atoms with E-state index in [-0.39, 0.29) is 0 Å². The Morgan fingerprint density at radius 3 is 2.95 bits per heavy atom. The molecular weight excluding hydrogens is 234 g/mol. The fourth-order valence-corrected chi connectivity index (χ4v) is 3.76. The van der Waals surface area contributed by atoms with Crippen LogP contribution in [0, 0.1) is 0 Å². The number of piperidine rings is 1. The van der Waals surface area contributed by atoms with Gasteiger partial charge in [0.25, 0.3) is 0 Å². The highest BCUT2D eigenvalue weighted by atomic mass is 15.2. The van der Waals surface area contributed by atoms with Gasteiger partial charge >= 0.3 is 0 Å². The maximum absolute atomic E-state index is 5.89. The number of likely N-dealkylation sites (tertiary alicyclic amines) is 1. The van der Waals surface area contributed by atoms with Crippen molar-refractivity contribution in [3.63, 3.8) is 0 Å². The van der Waals surface area contributed by atoms with Gasteiger partial charge in [-0.05, 0) is 69.6 Å². The van der Waals surface area contributed by atoms with E-state index >= 15 is 0 Å². The third-order valence-corrected chi connectivity index (χ3v) is 4.88. The molecule has 0 spiro atoms. The molecule has 3 rings (SSSR count). The van der Waals surface area contributed by atoms with Crippen LogP contribution in [0.2, 0.25) is 0 Å². The molecule has 2 atom stereocenters. The summed E-state index contributed by atoms with van der Waals surface area (Å²) >= 11 is 0. The average molecular weight is 259 g/mol. The van der Waals surface area contributed by atoms with E-state index in [0.29, 0.717) is 12.1 Å². The Hall–Kier alpha value is -1.06. The lowest BCUT2D eigenvalue weighted by atomic mass is 10.0. The summed E-state index contributed by atoms with van der Waals surface area (Å²) in [6, 6.07) is 7.75. The molecule has 3 nitrogen and oxygen atoms in total. The molecule has 0 aromatic heterocycles. The minimum absolute atomic E-state index is 0.590. The van der Waals surface area contributed by atoms with E-state index in [1.165, 1.54) is 49.9 Å². The van der Waals surface area contributed by atoms with Gasteiger partial charge in [-0.15, -0.1) is 0 Å². The highest BCUT2D eigenvalue weighted by Crippen LogP contribution is 2.37. The number of hydrogen-bond acceptors (Lipinski definition) is 3. The van der Waals surface area contributed by atoms with Crippen LogP contribution in [0.15, 0.2) is 18.2 Å². The van der Waals surface area contributed by atoms with E-state index in [1.807, 2.05) is 0 Å². The Labute approximate surface area is 116 Å². The predicted molar refractivity (Wildman–Crippen MR) is 80.2 cm³/mol. The molecule has 2 unspecified atom stereocenters. The summed E-state index contributed by atoms with van der Waals surface area (Å²) < 4.78 is 0. The second-order valence-corrected chi connectivity index (χ2v) is 6.24. The minimum atomic E-state index is 0.590. The summed E-state index contributed by atoms with van der Waals surface area (Å²) in [6.07, 6.45) is 5.09. The highest BCUT2D eigenvalue weighted by molar-refractivity contribution is 5.47. The van der Waals surface area contributed by atoms with Crippen LogP contribution >= 0.6 is 0 Å². The summed E-state index contributed by atoms with van der Waals surface area (Å²) in [5.74, 6) is 0. The number of likely N-dealkylation sites (N-methyl/N-ethyl adjacent to an activating group) is 2. The molecule has 1 aromatic carbocycles. The molecule has 0 saturated carbocycles. The molecule has 1 aliphatic carbocycles. The number of hydrogen-bond donors (Lipinski definition) is 1. The second kappa shape index (κ2) is 5.14. The van der Waals surface area contributed by atoms with Crippen LogP contribution in [0.5, 0.6) is 0 Å². The average Bonchev–Trinajstić information content (AvgIpc) is 2.80.